The van der Waals surface area contributed by atoms with Crippen LogP contribution in [0.1, 0.15) is 16.8 Å². The number of hydrogen-bond donors (Lipinski definition) is 1. The first-order chi connectivity index (χ1) is 8.16. The van der Waals surface area contributed by atoms with Gasteiger partial charge >= 0.3 is 0 Å². The lowest BCUT2D eigenvalue weighted by Gasteiger charge is -2.03. The minimum Gasteiger partial charge on any atom is -1.00 e. The quantitative estimate of drug-likeness (QED) is 0.575. The number of nitrogens with zero attached hydrogens (tertiary/aromatic N) is 1. The van der Waals surface area contributed by atoms with Crippen LogP contribution in [-0.2, 0) is 6.54 Å². The first-order valence-corrected chi connectivity index (χ1v) is 5.91. The Morgan fingerprint density at radius 2 is 2.00 bits per heavy atom. The number of rotatable bonds is 3. The monoisotopic (exact) mass is 278 g/mol. The van der Waals surface area contributed by atoms with Gasteiger partial charge in [-0.25, -0.2) is 0 Å². The molecule has 0 saturated carbocycles. The molecule has 0 fully saturated rings. The standard InChI is InChI=1S/C14H14N2S.ClH/c1-11-5-2-3-8-16(11)10-12-6-4-7-13(9-12)14(15)17;/h2-9H,10H2,1H3,(H-,15,17);1H. The van der Waals surface area contributed by atoms with Gasteiger partial charge in [0.2, 0.25) is 0 Å². The van der Waals surface area contributed by atoms with E-state index in [0.717, 1.165) is 12.1 Å². The molecule has 94 valence electrons. The van der Waals surface area contributed by atoms with E-state index in [-0.39, 0.29) is 12.4 Å². The van der Waals surface area contributed by atoms with Crippen molar-refractivity contribution in [2.75, 3.05) is 0 Å². The lowest BCUT2D eigenvalue weighted by Crippen LogP contribution is -3.00. The molecule has 0 aliphatic heterocycles. The second kappa shape index (κ2) is 6.47. The minimum atomic E-state index is 0. The van der Waals surface area contributed by atoms with E-state index in [0.29, 0.717) is 4.99 Å². The predicted octanol–water partition coefficient (Wildman–Crippen LogP) is -1.03. The summed E-state index contributed by atoms with van der Waals surface area (Å²) in [5.41, 5.74) is 8.99. The molecule has 0 radical (unpaired) electrons. The van der Waals surface area contributed by atoms with Crippen molar-refractivity contribution in [3.63, 3.8) is 0 Å². The van der Waals surface area contributed by atoms with E-state index >= 15 is 0 Å². The van der Waals surface area contributed by atoms with Gasteiger partial charge in [0.15, 0.2) is 18.4 Å². The summed E-state index contributed by atoms with van der Waals surface area (Å²) in [4.78, 5) is 0.446. The van der Waals surface area contributed by atoms with Crippen LogP contribution in [0.25, 0.3) is 0 Å². The lowest BCUT2D eigenvalue weighted by atomic mass is 10.1. The summed E-state index contributed by atoms with van der Waals surface area (Å²) in [6.45, 7) is 2.93. The molecule has 2 N–H and O–H groups in total. The molecule has 2 aromatic rings. The Balaban J connectivity index is 0.00000162. The van der Waals surface area contributed by atoms with Gasteiger partial charge in [0.25, 0.3) is 0 Å². The van der Waals surface area contributed by atoms with Gasteiger partial charge in [-0.05, 0) is 6.07 Å². The Bertz CT molecular complexity index is 555. The SMILES string of the molecule is Cc1cccc[n+]1Cc1cccc(C(N)=S)c1.[Cl-]. The highest BCUT2D eigenvalue weighted by molar-refractivity contribution is 7.80. The van der Waals surface area contributed by atoms with E-state index < -0.39 is 0 Å². The third-order valence-electron chi connectivity index (χ3n) is 2.73. The van der Waals surface area contributed by atoms with E-state index in [1.807, 2.05) is 30.3 Å². The van der Waals surface area contributed by atoms with Crippen molar-refractivity contribution in [2.45, 2.75) is 13.5 Å². The molecule has 0 unspecified atom stereocenters. The average molecular weight is 279 g/mol. The maximum Gasteiger partial charge on any atom is 0.178 e. The zero-order valence-electron chi connectivity index (χ0n) is 10.1. The molecule has 0 saturated heterocycles. The van der Waals surface area contributed by atoms with Crippen molar-refractivity contribution < 1.29 is 17.0 Å². The van der Waals surface area contributed by atoms with E-state index in [4.69, 9.17) is 18.0 Å². The zero-order chi connectivity index (χ0) is 12.3. The van der Waals surface area contributed by atoms with Crippen LogP contribution in [0.15, 0.2) is 48.7 Å². The van der Waals surface area contributed by atoms with Crippen molar-refractivity contribution in [3.8, 4) is 0 Å². The summed E-state index contributed by atoms with van der Waals surface area (Å²) in [5.74, 6) is 0. The molecule has 0 aliphatic rings. The fourth-order valence-electron chi connectivity index (χ4n) is 1.76. The molecule has 0 amide bonds. The summed E-state index contributed by atoms with van der Waals surface area (Å²) in [7, 11) is 0. The predicted molar refractivity (Wildman–Crippen MR) is 72.8 cm³/mol. The van der Waals surface area contributed by atoms with Gasteiger partial charge < -0.3 is 18.1 Å². The molecule has 0 spiro atoms. The Morgan fingerprint density at radius 1 is 1.22 bits per heavy atom. The topological polar surface area (TPSA) is 29.9 Å². The molecule has 0 bridgehead atoms. The number of halogens is 1. The highest BCUT2D eigenvalue weighted by Crippen LogP contribution is 2.05. The minimum absolute atomic E-state index is 0. The van der Waals surface area contributed by atoms with Gasteiger partial charge in [-0.3, -0.25) is 0 Å². The molecule has 0 aliphatic carbocycles. The normalized spacial score (nSPS) is 9.61. The first-order valence-electron chi connectivity index (χ1n) is 5.50. The van der Waals surface area contributed by atoms with Gasteiger partial charge in [0.05, 0.1) is 0 Å². The summed E-state index contributed by atoms with van der Waals surface area (Å²) < 4.78 is 2.19. The smallest absolute Gasteiger partial charge is 0.178 e. The summed E-state index contributed by atoms with van der Waals surface area (Å²) >= 11 is 4.98. The number of benzene rings is 1. The van der Waals surface area contributed by atoms with Crippen LogP contribution >= 0.6 is 12.2 Å². The van der Waals surface area contributed by atoms with Crippen LogP contribution in [0.2, 0.25) is 0 Å². The van der Waals surface area contributed by atoms with Crippen LogP contribution in [0.3, 0.4) is 0 Å². The van der Waals surface area contributed by atoms with Crippen LogP contribution in [0, 0.1) is 6.92 Å². The zero-order valence-corrected chi connectivity index (χ0v) is 11.7. The number of pyridine rings is 1. The highest BCUT2D eigenvalue weighted by atomic mass is 35.5. The molecule has 1 aromatic carbocycles. The van der Waals surface area contributed by atoms with E-state index in [1.54, 1.807) is 0 Å². The number of hydrogen-bond acceptors (Lipinski definition) is 1. The summed E-state index contributed by atoms with van der Waals surface area (Å²) in [6.07, 6.45) is 2.07. The molecule has 2 rings (SSSR count). The van der Waals surface area contributed by atoms with Crippen LogP contribution in [0.5, 0.6) is 0 Å². The van der Waals surface area contributed by atoms with Gasteiger partial charge in [-0.2, -0.15) is 4.57 Å². The lowest BCUT2D eigenvalue weighted by molar-refractivity contribution is -0.694. The molecule has 1 heterocycles. The molecule has 18 heavy (non-hydrogen) atoms. The number of nitrogens with two attached hydrogens (primary N) is 1. The van der Waals surface area contributed by atoms with Crippen molar-refractivity contribution in [3.05, 3.63) is 65.5 Å². The summed E-state index contributed by atoms with van der Waals surface area (Å²) in [6, 6.07) is 14.2. The Hall–Kier alpha value is -1.45. The van der Waals surface area contributed by atoms with Gasteiger partial charge in [-0.1, -0.05) is 36.5 Å². The van der Waals surface area contributed by atoms with Crippen molar-refractivity contribution in [1.29, 1.82) is 0 Å². The van der Waals surface area contributed by atoms with E-state index in [9.17, 15) is 0 Å². The van der Waals surface area contributed by atoms with Gasteiger partial charge in [-0.15, -0.1) is 0 Å². The Kier molecular flexibility index (Phi) is 5.25. The fourth-order valence-corrected chi connectivity index (χ4v) is 1.89. The number of aryl methyl sites for hydroxylation is 1. The number of aromatic nitrogens is 1. The van der Waals surface area contributed by atoms with Crippen LogP contribution < -0.4 is 22.7 Å². The van der Waals surface area contributed by atoms with E-state index in [1.165, 1.54) is 11.3 Å². The Labute approximate surface area is 119 Å². The largest absolute Gasteiger partial charge is 1.00 e. The van der Waals surface area contributed by atoms with Gasteiger partial charge in [0.1, 0.15) is 4.99 Å². The molecule has 0 atom stereocenters. The molecule has 2 nitrogen and oxygen atoms in total. The fraction of sp³-hybridized carbons (Fsp3) is 0.143. The van der Waals surface area contributed by atoms with Crippen LogP contribution in [0.4, 0.5) is 0 Å². The highest BCUT2D eigenvalue weighted by Gasteiger charge is 2.06. The van der Waals surface area contributed by atoms with Gasteiger partial charge in [0, 0.05) is 30.2 Å². The second-order valence-electron chi connectivity index (χ2n) is 4.03. The molecular weight excluding hydrogens is 264 g/mol. The third kappa shape index (κ3) is 3.52. The first kappa shape index (κ1) is 14.6. The average Bonchev–Trinajstić information content (AvgIpc) is 2.32. The van der Waals surface area contributed by atoms with E-state index in [2.05, 4.69) is 29.8 Å². The van der Waals surface area contributed by atoms with Crippen molar-refractivity contribution >= 4 is 17.2 Å². The molecule has 4 heteroatoms. The maximum absolute atomic E-state index is 5.63. The Morgan fingerprint density at radius 3 is 2.67 bits per heavy atom. The third-order valence-corrected chi connectivity index (χ3v) is 2.97. The van der Waals surface area contributed by atoms with Crippen molar-refractivity contribution in [1.82, 2.24) is 0 Å². The van der Waals surface area contributed by atoms with Crippen molar-refractivity contribution in [2.24, 2.45) is 5.73 Å². The molecular formula is C14H15ClN2S. The second-order valence-corrected chi connectivity index (χ2v) is 4.47. The van der Waals surface area contributed by atoms with Crippen LogP contribution in [-0.4, -0.2) is 4.99 Å². The number of thiocarbonyl (C=S) groups is 1. The summed E-state index contributed by atoms with van der Waals surface area (Å²) in [5, 5.41) is 0. The molecule has 1 aromatic heterocycles. The maximum atomic E-state index is 5.63.